The van der Waals surface area contributed by atoms with Crippen LogP contribution in [0.25, 0.3) is 0 Å². The van der Waals surface area contributed by atoms with Crippen molar-refractivity contribution in [3.63, 3.8) is 0 Å². The minimum absolute atomic E-state index is 0.0231. The van der Waals surface area contributed by atoms with Crippen molar-refractivity contribution < 1.29 is 22.7 Å². The Hall–Kier alpha value is -2.98. The molecule has 0 unspecified atom stereocenters. The molecule has 2 aliphatic rings. The minimum atomic E-state index is -4.00. The lowest BCUT2D eigenvalue weighted by Gasteiger charge is -2.41. The van der Waals surface area contributed by atoms with E-state index in [0.717, 1.165) is 30.8 Å². The summed E-state index contributed by atoms with van der Waals surface area (Å²) >= 11 is 6.16. The summed E-state index contributed by atoms with van der Waals surface area (Å²) in [5.41, 5.74) is 3.12. The Morgan fingerprint density at radius 3 is 2.42 bits per heavy atom. The van der Waals surface area contributed by atoms with Gasteiger partial charge in [0.1, 0.15) is 6.04 Å². The van der Waals surface area contributed by atoms with Gasteiger partial charge in [-0.1, -0.05) is 11.6 Å². The van der Waals surface area contributed by atoms with E-state index in [-0.39, 0.29) is 23.5 Å². The van der Waals surface area contributed by atoms with Crippen LogP contribution in [0.1, 0.15) is 25.8 Å². The van der Waals surface area contributed by atoms with Crippen molar-refractivity contribution in [2.45, 2.75) is 37.6 Å². The summed E-state index contributed by atoms with van der Waals surface area (Å²) in [5.74, 6) is 0.101. The number of anilines is 2. The number of rotatable bonds is 6. The Morgan fingerprint density at radius 2 is 1.75 bits per heavy atom. The molecule has 4 rings (SSSR count). The lowest BCUT2D eigenvalue weighted by atomic mass is 10.00. The van der Waals surface area contributed by atoms with Crippen molar-refractivity contribution in [3.8, 4) is 0 Å². The quantitative estimate of drug-likeness (QED) is 0.607. The monoisotopic (exact) mass is 534 g/mol. The molecule has 1 N–H and O–H groups in total. The van der Waals surface area contributed by atoms with Crippen LogP contribution in [0.15, 0.2) is 47.4 Å². The zero-order chi connectivity index (χ0) is 25.9. The third-order valence-electron chi connectivity index (χ3n) is 6.62. The maximum absolute atomic E-state index is 13.3. The predicted octanol–water partition coefficient (Wildman–Crippen LogP) is 3.26. The van der Waals surface area contributed by atoms with Crippen LogP contribution in [0.2, 0.25) is 5.02 Å². The molecule has 0 spiro atoms. The van der Waals surface area contributed by atoms with E-state index in [0.29, 0.717) is 31.2 Å². The fourth-order valence-corrected chi connectivity index (χ4v) is 5.83. The maximum atomic E-state index is 13.3. The minimum Gasteiger partial charge on any atom is -0.449 e. The summed E-state index contributed by atoms with van der Waals surface area (Å²) in [6, 6.07) is 11.9. The number of halogens is 1. The number of hydrogen-bond donors (Lipinski definition) is 1. The van der Waals surface area contributed by atoms with Crippen molar-refractivity contribution in [1.82, 2.24) is 9.62 Å². The highest BCUT2D eigenvalue weighted by atomic mass is 35.5. The van der Waals surface area contributed by atoms with Crippen molar-refractivity contribution in [3.05, 3.63) is 53.1 Å². The van der Waals surface area contributed by atoms with E-state index in [4.69, 9.17) is 11.6 Å². The molecule has 1 atom stereocenters. The molecule has 0 saturated carbocycles. The van der Waals surface area contributed by atoms with E-state index < -0.39 is 16.1 Å². The van der Waals surface area contributed by atoms with Gasteiger partial charge in [-0.05, 0) is 74.7 Å². The number of nitrogens with one attached hydrogen (secondary N) is 1. The topological polar surface area (TPSA) is 99.3 Å². The molecule has 9 nitrogen and oxygen atoms in total. The molecule has 2 aromatic carbocycles. The average molecular weight is 535 g/mol. The zero-order valence-electron chi connectivity index (χ0n) is 20.4. The van der Waals surface area contributed by atoms with Gasteiger partial charge in [0, 0.05) is 49.1 Å². The van der Waals surface area contributed by atoms with Crippen molar-refractivity contribution in [1.29, 1.82) is 0 Å². The summed E-state index contributed by atoms with van der Waals surface area (Å²) in [7, 11) is -4.00. The first-order chi connectivity index (χ1) is 17.2. The van der Waals surface area contributed by atoms with Gasteiger partial charge in [0.2, 0.25) is 5.91 Å². The molecular weight excluding hydrogens is 504 g/mol. The van der Waals surface area contributed by atoms with E-state index >= 15 is 0 Å². The van der Waals surface area contributed by atoms with Gasteiger partial charge >= 0.3 is 6.09 Å². The van der Waals surface area contributed by atoms with Gasteiger partial charge in [0.25, 0.3) is 10.0 Å². The van der Waals surface area contributed by atoms with Gasteiger partial charge in [0.15, 0.2) is 0 Å². The largest absolute Gasteiger partial charge is 0.449 e. The van der Waals surface area contributed by atoms with Crippen LogP contribution in [-0.4, -0.2) is 70.7 Å². The molecule has 0 aliphatic carbocycles. The second-order valence-corrected chi connectivity index (χ2v) is 11.0. The van der Waals surface area contributed by atoms with Crippen LogP contribution in [0.5, 0.6) is 0 Å². The Labute approximate surface area is 217 Å². The second-order valence-electron chi connectivity index (χ2n) is 8.88. The van der Waals surface area contributed by atoms with E-state index in [1.54, 1.807) is 19.1 Å². The molecule has 0 bridgehead atoms. The number of benzene rings is 2. The zero-order valence-corrected chi connectivity index (χ0v) is 22.0. The molecule has 2 heterocycles. The number of carbonyl (C=O) groups excluding carboxylic acids is 2. The van der Waals surface area contributed by atoms with Crippen LogP contribution >= 0.6 is 11.6 Å². The number of fused-ring (bicyclic) bond motifs is 1. The molecule has 36 heavy (non-hydrogen) atoms. The summed E-state index contributed by atoms with van der Waals surface area (Å²) in [4.78, 5) is 31.0. The molecule has 0 aromatic heterocycles. The van der Waals surface area contributed by atoms with Gasteiger partial charge in [-0.2, -0.15) is 0 Å². The number of aryl methyl sites for hydroxylation is 1. The number of amides is 2. The summed E-state index contributed by atoms with van der Waals surface area (Å²) in [6.07, 6.45) is 0.943. The predicted molar refractivity (Wildman–Crippen MR) is 139 cm³/mol. The Kier molecular flexibility index (Phi) is 7.94. The van der Waals surface area contributed by atoms with Crippen LogP contribution < -0.4 is 14.5 Å². The molecule has 2 aromatic rings. The van der Waals surface area contributed by atoms with Crippen molar-refractivity contribution in [2.24, 2.45) is 0 Å². The van der Waals surface area contributed by atoms with E-state index in [1.807, 2.05) is 34.7 Å². The third-order valence-corrected chi connectivity index (χ3v) is 8.18. The van der Waals surface area contributed by atoms with Crippen molar-refractivity contribution >= 4 is 45.0 Å². The number of hydrogen-bond acceptors (Lipinski definition) is 7. The molecule has 11 heteroatoms. The van der Waals surface area contributed by atoms with Gasteiger partial charge in [-0.25, -0.2) is 17.9 Å². The number of ether oxygens (including phenoxy) is 1. The average Bonchev–Trinajstić information content (AvgIpc) is 2.87. The molecular formula is C25H31ClN4O5S. The summed E-state index contributed by atoms with van der Waals surface area (Å²) < 4.78 is 31.2. The molecule has 1 fully saturated rings. The normalized spacial score (nSPS) is 16.8. The van der Waals surface area contributed by atoms with Crippen molar-refractivity contribution in [2.75, 3.05) is 49.1 Å². The number of sulfonamides is 1. The van der Waals surface area contributed by atoms with Crippen LogP contribution in [0.3, 0.4) is 0 Å². The standard InChI is InChI=1S/C25H31ClN4O5S/c1-3-35-25(32)27-36(33,34)22-9-7-21(8-10-22)28-13-15-29(16-14-28)24(31)18(2)30-12-4-5-19-17-20(26)6-11-23(19)30/h6-11,17-18H,3-5,12-16H2,1-2H3,(H,27,32)/t18-/m1/s1. The smallest absolute Gasteiger partial charge is 0.421 e. The molecule has 194 valence electrons. The van der Waals surface area contributed by atoms with E-state index in [2.05, 4.69) is 14.5 Å². The highest BCUT2D eigenvalue weighted by Gasteiger charge is 2.31. The number of nitrogens with zero attached hydrogens (tertiary/aromatic N) is 3. The Balaban J connectivity index is 1.35. The highest BCUT2D eigenvalue weighted by molar-refractivity contribution is 7.90. The lowest BCUT2D eigenvalue weighted by molar-refractivity contribution is -0.132. The number of carbonyl (C=O) groups is 2. The lowest BCUT2D eigenvalue weighted by Crippen LogP contribution is -2.55. The van der Waals surface area contributed by atoms with Gasteiger partial charge in [-0.15, -0.1) is 0 Å². The van der Waals surface area contributed by atoms with Crippen LogP contribution in [0, 0.1) is 0 Å². The summed E-state index contributed by atoms with van der Waals surface area (Å²) in [6.45, 7) is 6.90. The molecule has 2 aliphatic heterocycles. The Bertz CT molecular complexity index is 1210. The first kappa shape index (κ1) is 26.1. The van der Waals surface area contributed by atoms with Crippen LogP contribution in [0.4, 0.5) is 16.2 Å². The SMILES string of the molecule is CCOC(=O)NS(=O)(=O)c1ccc(N2CCN(C(=O)[C@@H](C)N3CCCc4cc(Cl)ccc43)CC2)cc1. The van der Waals surface area contributed by atoms with Gasteiger partial charge in [-0.3, -0.25) is 4.79 Å². The number of piperazine rings is 1. The van der Waals surface area contributed by atoms with E-state index in [1.165, 1.54) is 17.7 Å². The highest BCUT2D eigenvalue weighted by Crippen LogP contribution is 2.31. The second kappa shape index (κ2) is 11.0. The van der Waals surface area contributed by atoms with Gasteiger partial charge in [0.05, 0.1) is 11.5 Å². The fraction of sp³-hybridized carbons (Fsp3) is 0.440. The first-order valence-corrected chi connectivity index (χ1v) is 13.9. The molecule has 2 amide bonds. The van der Waals surface area contributed by atoms with Crippen LogP contribution in [-0.2, 0) is 26.0 Å². The third kappa shape index (κ3) is 5.70. The Morgan fingerprint density at radius 1 is 1.06 bits per heavy atom. The maximum Gasteiger partial charge on any atom is 0.421 e. The van der Waals surface area contributed by atoms with Gasteiger partial charge < -0.3 is 19.4 Å². The van der Waals surface area contributed by atoms with E-state index in [9.17, 15) is 18.0 Å². The first-order valence-electron chi connectivity index (χ1n) is 12.1. The summed E-state index contributed by atoms with van der Waals surface area (Å²) in [5, 5.41) is 0.714. The molecule has 0 radical (unpaired) electrons. The fourth-order valence-electron chi connectivity index (χ4n) is 4.74. The molecule has 1 saturated heterocycles.